The lowest BCUT2D eigenvalue weighted by molar-refractivity contribution is 0.318. The number of ether oxygens (including phenoxy) is 1. The van der Waals surface area contributed by atoms with Crippen LogP contribution in [0, 0.1) is 11.3 Å². The Morgan fingerprint density at radius 3 is 1.95 bits per heavy atom. The zero-order valence-electron chi connectivity index (χ0n) is 12.5. The predicted molar refractivity (Wildman–Crippen MR) is 83.9 cm³/mol. The molecular weight excluding hydrogens is 260 g/mol. The van der Waals surface area contributed by atoms with E-state index < -0.39 is 0 Å². The van der Waals surface area contributed by atoms with E-state index in [1.807, 2.05) is 43.3 Å². The molecule has 0 spiro atoms. The van der Waals surface area contributed by atoms with Crippen molar-refractivity contribution in [2.24, 2.45) is 0 Å². The fourth-order valence-electron chi connectivity index (χ4n) is 2.22. The van der Waals surface area contributed by atoms with Crippen LogP contribution in [0.5, 0.6) is 5.75 Å². The second kappa shape index (κ2) is 7.47. The molecule has 0 heterocycles. The Hall–Kier alpha value is -2.31. The van der Waals surface area contributed by atoms with Crippen LogP contribution in [-0.2, 0) is 13.1 Å². The first-order valence-corrected chi connectivity index (χ1v) is 7.10. The van der Waals surface area contributed by atoms with E-state index in [9.17, 15) is 0 Å². The first-order chi connectivity index (χ1) is 10.2. The standard InChI is InChI=1S/C18H20N2O/c1-3-21-18-10-8-17(9-11-18)14-20(2)13-16-6-4-15(12-19)5-7-16/h4-11H,3,13-14H2,1-2H3. The van der Waals surface area contributed by atoms with Crippen molar-refractivity contribution < 1.29 is 4.74 Å². The van der Waals surface area contributed by atoms with Gasteiger partial charge in [-0.05, 0) is 49.4 Å². The van der Waals surface area contributed by atoms with Gasteiger partial charge in [0.05, 0.1) is 18.2 Å². The molecular formula is C18H20N2O. The molecule has 2 rings (SSSR count). The smallest absolute Gasteiger partial charge is 0.119 e. The van der Waals surface area contributed by atoms with E-state index in [2.05, 4.69) is 30.1 Å². The van der Waals surface area contributed by atoms with Gasteiger partial charge in [0.2, 0.25) is 0 Å². The van der Waals surface area contributed by atoms with Crippen LogP contribution in [0.2, 0.25) is 0 Å². The van der Waals surface area contributed by atoms with Crippen LogP contribution in [0.1, 0.15) is 23.6 Å². The quantitative estimate of drug-likeness (QED) is 0.811. The van der Waals surface area contributed by atoms with Crippen LogP contribution in [0.4, 0.5) is 0 Å². The minimum Gasteiger partial charge on any atom is -0.494 e. The largest absolute Gasteiger partial charge is 0.494 e. The van der Waals surface area contributed by atoms with Gasteiger partial charge in [0.25, 0.3) is 0 Å². The molecule has 21 heavy (non-hydrogen) atoms. The molecule has 0 aliphatic rings. The third kappa shape index (κ3) is 4.62. The molecule has 3 heteroatoms. The van der Waals surface area contributed by atoms with E-state index in [0.29, 0.717) is 12.2 Å². The zero-order chi connectivity index (χ0) is 15.1. The van der Waals surface area contributed by atoms with Crippen molar-refractivity contribution in [3.05, 3.63) is 65.2 Å². The van der Waals surface area contributed by atoms with Crippen LogP contribution < -0.4 is 4.74 Å². The Morgan fingerprint density at radius 1 is 0.952 bits per heavy atom. The SMILES string of the molecule is CCOc1ccc(CN(C)Cc2ccc(C#N)cc2)cc1. The van der Waals surface area contributed by atoms with Crippen LogP contribution in [0.15, 0.2) is 48.5 Å². The van der Waals surface area contributed by atoms with E-state index in [0.717, 1.165) is 18.8 Å². The molecule has 0 saturated heterocycles. The topological polar surface area (TPSA) is 36.3 Å². The summed E-state index contributed by atoms with van der Waals surface area (Å²) in [6.07, 6.45) is 0. The van der Waals surface area contributed by atoms with E-state index >= 15 is 0 Å². The van der Waals surface area contributed by atoms with Gasteiger partial charge in [-0.15, -0.1) is 0 Å². The maximum absolute atomic E-state index is 8.80. The molecule has 0 atom stereocenters. The fraction of sp³-hybridized carbons (Fsp3) is 0.278. The Labute approximate surface area is 126 Å². The Balaban J connectivity index is 1.91. The van der Waals surface area contributed by atoms with Crippen LogP contribution >= 0.6 is 0 Å². The minimum absolute atomic E-state index is 0.692. The van der Waals surface area contributed by atoms with Crippen LogP contribution in [0.3, 0.4) is 0 Å². The second-order valence-electron chi connectivity index (χ2n) is 5.06. The summed E-state index contributed by atoms with van der Waals surface area (Å²) < 4.78 is 5.44. The lowest BCUT2D eigenvalue weighted by atomic mass is 10.1. The highest BCUT2D eigenvalue weighted by Crippen LogP contribution is 2.14. The van der Waals surface area contributed by atoms with Gasteiger partial charge in [0.1, 0.15) is 5.75 Å². The van der Waals surface area contributed by atoms with Crippen molar-refractivity contribution >= 4 is 0 Å². The zero-order valence-corrected chi connectivity index (χ0v) is 12.5. The molecule has 0 radical (unpaired) electrons. The van der Waals surface area contributed by atoms with E-state index in [-0.39, 0.29) is 0 Å². The summed E-state index contributed by atoms with van der Waals surface area (Å²) >= 11 is 0. The molecule has 0 aliphatic heterocycles. The third-order valence-corrected chi connectivity index (χ3v) is 3.22. The van der Waals surface area contributed by atoms with Gasteiger partial charge in [0.15, 0.2) is 0 Å². The van der Waals surface area contributed by atoms with E-state index in [1.54, 1.807) is 0 Å². The highest BCUT2D eigenvalue weighted by Gasteiger charge is 2.03. The van der Waals surface area contributed by atoms with Gasteiger partial charge in [-0.1, -0.05) is 24.3 Å². The molecule has 0 N–H and O–H groups in total. The predicted octanol–water partition coefficient (Wildman–Crippen LogP) is 3.59. The number of hydrogen-bond acceptors (Lipinski definition) is 3. The Kier molecular flexibility index (Phi) is 5.36. The molecule has 0 fully saturated rings. The average molecular weight is 280 g/mol. The summed E-state index contributed by atoms with van der Waals surface area (Å²) in [4.78, 5) is 2.25. The molecule has 0 aromatic heterocycles. The number of rotatable bonds is 6. The van der Waals surface area contributed by atoms with Crippen LogP contribution in [0.25, 0.3) is 0 Å². The summed E-state index contributed by atoms with van der Waals surface area (Å²) in [7, 11) is 2.09. The van der Waals surface area contributed by atoms with Crippen molar-refractivity contribution in [3.8, 4) is 11.8 Å². The summed E-state index contributed by atoms with van der Waals surface area (Å²) in [5, 5.41) is 8.80. The monoisotopic (exact) mass is 280 g/mol. The maximum Gasteiger partial charge on any atom is 0.119 e. The molecule has 108 valence electrons. The summed E-state index contributed by atoms with van der Waals surface area (Å²) in [5.74, 6) is 0.913. The number of benzene rings is 2. The first kappa shape index (κ1) is 15.1. The normalized spacial score (nSPS) is 10.4. The van der Waals surface area contributed by atoms with Crippen molar-refractivity contribution in [3.63, 3.8) is 0 Å². The maximum atomic E-state index is 8.80. The molecule has 0 saturated carbocycles. The number of hydrogen-bond donors (Lipinski definition) is 0. The molecule has 2 aromatic carbocycles. The number of nitrogens with zero attached hydrogens (tertiary/aromatic N) is 2. The molecule has 0 bridgehead atoms. The van der Waals surface area contributed by atoms with Crippen molar-refractivity contribution in [2.45, 2.75) is 20.0 Å². The van der Waals surface area contributed by atoms with Gasteiger partial charge in [0, 0.05) is 13.1 Å². The molecule has 0 aliphatic carbocycles. The second-order valence-corrected chi connectivity index (χ2v) is 5.06. The Morgan fingerprint density at radius 2 is 1.48 bits per heavy atom. The highest BCUT2D eigenvalue weighted by atomic mass is 16.5. The highest BCUT2D eigenvalue weighted by molar-refractivity contribution is 5.31. The fourth-order valence-corrected chi connectivity index (χ4v) is 2.22. The van der Waals surface area contributed by atoms with Crippen molar-refractivity contribution in [2.75, 3.05) is 13.7 Å². The van der Waals surface area contributed by atoms with Gasteiger partial charge < -0.3 is 4.74 Å². The van der Waals surface area contributed by atoms with E-state index in [1.165, 1.54) is 11.1 Å². The Bertz CT molecular complexity index is 597. The van der Waals surface area contributed by atoms with Crippen molar-refractivity contribution in [1.29, 1.82) is 5.26 Å². The van der Waals surface area contributed by atoms with Gasteiger partial charge in [-0.25, -0.2) is 0 Å². The third-order valence-electron chi connectivity index (χ3n) is 3.22. The minimum atomic E-state index is 0.692. The average Bonchev–Trinajstić information content (AvgIpc) is 2.50. The first-order valence-electron chi connectivity index (χ1n) is 7.10. The number of nitriles is 1. The summed E-state index contributed by atoms with van der Waals surface area (Å²) in [6.45, 7) is 4.42. The van der Waals surface area contributed by atoms with Gasteiger partial charge in [-0.2, -0.15) is 5.26 Å². The lowest BCUT2D eigenvalue weighted by Crippen LogP contribution is -2.17. The lowest BCUT2D eigenvalue weighted by Gasteiger charge is -2.17. The molecule has 0 unspecified atom stereocenters. The summed E-state index contributed by atoms with van der Waals surface area (Å²) in [5.41, 5.74) is 3.17. The molecule has 0 amide bonds. The van der Waals surface area contributed by atoms with Crippen LogP contribution in [-0.4, -0.2) is 18.6 Å². The van der Waals surface area contributed by atoms with Crippen molar-refractivity contribution in [1.82, 2.24) is 4.90 Å². The molecule has 2 aromatic rings. The van der Waals surface area contributed by atoms with E-state index in [4.69, 9.17) is 10.00 Å². The van der Waals surface area contributed by atoms with Gasteiger partial charge in [-0.3, -0.25) is 4.90 Å². The molecule has 3 nitrogen and oxygen atoms in total. The van der Waals surface area contributed by atoms with Gasteiger partial charge >= 0.3 is 0 Å². The summed E-state index contributed by atoms with van der Waals surface area (Å²) in [6, 6.07) is 18.1.